The standard InChI is InChI=1S/C17H16F3N3O5/c1-3-21(4-2)14-13(22(24)25)10-12(17(18,19)20)16(15(14)23(26)27)28-11-8-6-5-7-9-11/h5-10H,3-4H2,1-2H3. The molecule has 11 heteroatoms. The van der Waals surface area contributed by atoms with Gasteiger partial charge in [-0.25, -0.2) is 0 Å². The molecule has 150 valence electrons. The maximum Gasteiger partial charge on any atom is 0.420 e. The second-order valence-electron chi connectivity index (χ2n) is 5.57. The Kier molecular flexibility index (Phi) is 6.06. The number of nitrogens with zero attached hydrogens (tertiary/aromatic N) is 3. The first-order valence-electron chi connectivity index (χ1n) is 8.16. The number of anilines is 1. The summed E-state index contributed by atoms with van der Waals surface area (Å²) in [7, 11) is 0. The molecule has 0 aromatic heterocycles. The molecule has 0 N–H and O–H groups in total. The summed E-state index contributed by atoms with van der Waals surface area (Å²) in [6, 6.07) is 7.46. The number of hydrogen-bond acceptors (Lipinski definition) is 6. The number of ether oxygens (including phenoxy) is 1. The molecule has 8 nitrogen and oxygen atoms in total. The minimum Gasteiger partial charge on any atom is -0.449 e. The Balaban J connectivity index is 2.95. The van der Waals surface area contributed by atoms with Crippen molar-refractivity contribution in [2.24, 2.45) is 0 Å². The first kappa shape index (κ1) is 20.9. The van der Waals surface area contributed by atoms with Gasteiger partial charge in [0.05, 0.1) is 9.85 Å². The molecule has 0 aliphatic rings. The van der Waals surface area contributed by atoms with E-state index in [1.165, 1.54) is 29.2 Å². The van der Waals surface area contributed by atoms with Crippen LogP contribution in [-0.2, 0) is 6.18 Å². The normalized spacial score (nSPS) is 11.2. The van der Waals surface area contributed by atoms with Crippen molar-refractivity contribution in [3.63, 3.8) is 0 Å². The summed E-state index contributed by atoms with van der Waals surface area (Å²) in [5.74, 6) is -1.16. The lowest BCUT2D eigenvalue weighted by Gasteiger charge is -2.23. The summed E-state index contributed by atoms with van der Waals surface area (Å²) in [6.07, 6.45) is -5.11. The summed E-state index contributed by atoms with van der Waals surface area (Å²) in [4.78, 5) is 22.2. The maximum absolute atomic E-state index is 13.6. The monoisotopic (exact) mass is 399 g/mol. The summed E-state index contributed by atoms with van der Waals surface area (Å²) >= 11 is 0. The summed E-state index contributed by atoms with van der Waals surface area (Å²) in [6.45, 7) is 3.36. The third kappa shape index (κ3) is 4.13. The van der Waals surface area contributed by atoms with Crippen LogP contribution >= 0.6 is 0 Å². The molecule has 0 saturated heterocycles. The highest BCUT2D eigenvalue weighted by Crippen LogP contribution is 2.52. The van der Waals surface area contributed by atoms with Crippen LogP contribution in [-0.4, -0.2) is 22.9 Å². The molecule has 0 heterocycles. The van der Waals surface area contributed by atoms with E-state index < -0.39 is 44.4 Å². The van der Waals surface area contributed by atoms with Crippen molar-refractivity contribution >= 4 is 17.1 Å². The van der Waals surface area contributed by atoms with Gasteiger partial charge in [0.25, 0.3) is 0 Å². The van der Waals surface area contributed by atoms with Crippen LogP contribution in [0.15, 0.2) is 36.4 Å². The number of nitro groups is 2. The number of hydrogen-bond donors (Lipinski definition) is 0. The molecule has 0 amide bonds. The lowest BCUT2D eigenvalue weighted by molar-refractivity contribution is -0.393. The van der Waals surface area contributed by atoms with E-state index in [-0.39, 0.29) is 24.9 Å². The fraction of sp³-hybridized carbons (Fsp3) is 0.294. The molecule has 0 unspecified atom stereocenters. The zero-order valence-electron chi connectivity index (χ0n) is 14.9. The predicted octanol–water partition coefficient (Wildman–Crippen LogP) is 5.16. The molecule has 0 saturated carbocycles. The van der Waals surface area contributed by atoms with Crippen molar-refractivity contribution in [3.8, 4) is 11.5 Å². The van der Waals surface area contributed by atoms with Gasteiger partial charge >= 0.3 is 17.6 Å². The topological polar surface area (TPSA) is 98.8 Å². The van der Waals surface area contributed by atoms with Crippen molar-refractivity contribution in [1.82, 2.24) is 0 Å². The van der Waals surface area contributed by atoms with Gasteiger partial charge in [0, 0.05) is 19.2 Å². The Morgan fingerprint density at radius 3 is 2.04 bits per heavy atom. The zero-order valence-corrected chi connectivity index (χ0v) is 14.9. The maximum atomic E-state index is 13.6. The van der Waals surface area contributed by atoms with E-state index in [9.17, 15) is 33.4 Å². The first-order valence-corrected chi connectivity index (χ1v) is 8.16. The van der Waals surface area contributed by atoms with Crippen LogP contribution in [0.25, 0.3) is 0 Å². The van der Waals surface area contributed by atoms with Crippen molar-refractivity contribution in [1.29, 1.82) is 0 Å². The molecule has 0 fully saturated rings. The van der Waals surface area contributed by atoms with Crippen molar-refractivity contribution in [2.75, 3.05) is 18.0 Å². The van der Waals surface area contributed by atoms with Crippen LogP contribution in [0.2, 0.25) is 0 Å². The van der Waals surface area contributed by atoms with Crippen LogP contribution < -0.4 is 9.64 Å². The van der Waals surface area contributed by atoms with E-state index in [1.807, 2.05) is 0 Å². The van der Waals surface area contributed by atoms with E-state index in [2.05, 4.69) is 0 Å². The lowest BCUT2D eigenvalue weighted by atomic mass is 10.1. The minimum absolute atomic E-state index is 0.0737. The quantitative estimate of drug-likeness (QED) is 0.471. The molecule has 2 rings (SSSR count). The number of alkyl halides is 3. The average Bonchev–Trinajstić information content (AvgIpc) is 2.62. The molecule has 0 spiro atoms. The highest BCUT2D eigenvalue weighted by atomic mass is 19.4. The van der Waals surface area contributed by atoms with Crippen molar-refractivity contribution in [3.05, 3.63) is 62.2 Å². The molecule has 0 bridgehead atoms. The Hall–Kier alpha value is -3.37. The van der Waals surface area contributed by atoms with E-state index >= 15 is 0 Å². The highest BCUT2D eigenvalue weighted by molar-refractivity contribution is 5.82. The van der Waals surface area contributed by atoms with Gasteiger partial charge in [-0.05, 0) is 26.0 Å². The minimum atomic E-state index is -5.11. The number of benzene rings is 2. The van der Waals surface area contributed by atoms with Gasteiger partial charge in [0.1, 0.15) is 11.3 Å². The van der Waals surface area contributed by atoms with Gasteiger partial charge in [-0.3, -0.25) is 20.2 Å². The summed E-state index contributed by atoms with van der Waals surface area (Å²) in [5.41, 5.74) is -4.23. The fourth-order valence-corrected chi connectivity index (χ4v) is 2.71. The Bertz CT molecular complexity index is 884. The van der Waals surface area contributed by atoms with Crippen molar-refractivity contribution in [2.45, 2.75) is 20.0 Å². The van der Waals surface area contributed by atoms with Crippen LogP contribution in [0.3, 0.4) is 0 Å². The van der Waals surface area contributed by atoms with Crippen LogP contribution in [0, 0.1) is 20.2 Å². The van der Waals surface area contributed by atoms with Gasteiger partial charge in [0.15, 0.2) is 5.69 Å². The van der Waals surface area contributed by atoms with Gasteiger partial charge in [-0.15, -0.1) is 0 Å². The van der Waals surface area contributed by atoms with E-state index in [1.54, 1.807) is 19.9 Å². The van der Waals surface area contributed by atoms with E-state index in [0.29, 0.717) is 0 Å². The second kappa shape index (κ2) is 8.11. The molecule has 0 atom stereocenters. The highest BCUT2D eigenvalue weighted by Gasteiger charge is 2.45. The predicted molar refractivity (Wildman–Crippen MR) is 94.8 cm³/mol. The SMILES string of the molecule is CCN(CC)c1c([N+](=O)[O-])cc(C(F)(F)F)c(Oc2ccccc2)c1[N+](=O)[O-]. The summed E-state index contributed by atoms with van der Waals surface area (Å²) in [5, 5.41) is 23.2. The van der Waals surface area contributed by atoms with Gasteiger partial charge in [-0.1, -0.05) is 18.2 Å². The number of halogens is 3. The van der Waals surface area contributed by atoms with Gasteiger partial charge < -0.3 is 9.64 Å². The molecule has 0 radical (unpaired) electrons. The van der Waals surface area contributed by atoms with Crippen LogP contribution in [0.5, 0.6) is 11.5 Å². The van der Waals surface area contributed by atoms with Gasteiger partial charge in [0.2, 0.25) is 5.75 Å². The van der Waals surface area contributed by atoms with Crippen LogP contribution in [0.1, 0.15) is 19.4 Å². The molecule has 0 aliphatic heterocycles. The van der Waals surface area contributed by atoms with E-state index in [4.69, 9.17) is 4.74 Å². The smallest absolute Gasteiger partial charge is 0.420 e. The Labute approximate surface area is 157 Å². The van der Waals surface area contributed by atoms with Crippen LogP contribution in [0.4, 0.5) is 30.2 Å². The fourth-order valence-electron chi connectivity index (χ4n) is 2.71. The molecular formula is C17H16F3N3O5. The Morgan fingerprint density at radius 2 is 1.61 bits per heavy atom. The third-order valence-corrected chi connectivity index (χ3v) is 3.94. The summed E-state index contributed by atoms with van der Waals surface area (Å²) < 4.78 is 46.0. The van der Waals surface area contributed by atoms with E-state index in [0.717, 1.165) is 0 Å². The number of para-hydroxylation sites is 1. The van der Waals surface area contributed by atoms with Crippen molar-refractivity contribution < 1.29 is 27.8 Å². The lowest BCUT2D eigenvalue weighted by Crippen LogP contribution is -2.25. The molecule has 2 aromatic carbocycles. The van der Waals surface area contributed by atoms with Gasteiger partial charge in [-0.2, -0.15) is 13.2 Å². The third-order valence-electron chi connectivity index (χ3n) is 3.94. The largest absolute Gasteiger partial charge is 0.449 e. The Morgan fingerprint density at radius 1 is 1.04 bits per heavy atom. The molecule has 2 aromatic rings. The molecule has 28 heavy (non-hydrogen) atoms. The first-order chi connectivity index (χ1) is 13.1. The number of rotatable bonds is 7. The zero-order chi connectivity index (χ0) is 21.1. The number of nitro benzene ring substituents is 2. The molecular weight excluding hydrogens is 383 g/mol. The molecule has 0 aliphatic carbocycles. The average molecular weight is 399 g/mol. The second-order valence-corrected chi connectivity index (χ2v) is 5.57.